The predicted molar refractivity (Wildman–Crippen MR) is 160 cm³/mol. The Morgan fingerprint density at radius 2 is 1.95 bits per heavy atom. The summed E-state index contributed by atoms with van der Waals surface area (Å²) in [6.07, 6.45) is 7.23. The smallest absolute Gasteiger partial charge is 0.135 e. The average molecular weight is 521 g/mol. The van der Waals surface area contributed by atoms with Gasteiger partial charge in [-0.05, 0) is 67.8 Å². The summed E-state index contributed by atoms with van der Waals surface area (Å²) in [5.74, 6) is -0.0395. The topological polar surface area (TPSA) is 81.8 Å². The van der Waals surface area contributed by atoms with Crippen LogP contribution in [-0.4, -0.2) is 25.9 Å². The molecular formula is C32H33FN6. The predicted octanol–water partition coefficient (Wildman–Crippen LogP) is 7.61. The van der Waals surface area contributed by atoms with Crippen molar-refractivity contribution in [3.63, 3.8) is 0 Å². The van der Waals surface area contributed by atoms with Crippen molar-refractivity contribution in [2.75, 3.05) is 0 Å². The molecule has 4 rings (SSSR count). The van der Waals surface area contributed by atoms with Crippen LogP contribution in [0.1, 0.15) is 43.3 Å². The zero-order valence-electron chi connectivity index (χ0n) is 22.8. The molecule has 3 aromatic heterocycles. The summed E-state index contributed by atoms with van der Waals surface area (Å²) in [5, 5.41) is 11.0. The zero-order valence-corrected chi connectivity index (χ0v) is 22.8. The summed E-state index contributed by atoms with van der Waals surface area (Å²) in [5.41, 5.74) is 9.41. The van der Waals surface area contributed by atoms with Gasteiger partial charge < -0.3 is 10.3 Å². The quantitative estimate of drug-likeness (QED) is 0.149. The van der Waals surface area contributed by atoms with E-state index in [1.807, 2.05) is 50.3 Å². The number of aromatic nitrogens is 4. The molecule has 7 heteroatoms. The van der Waals surface area contributed by atoms with Crippen LogP contribution in [0.3, 0.4) is 0 Å². The summed E-state index contributed by atoms with van der Waals surface area (Å²) in [6.45, 7) is 19.9. The van der Waals surface area contributed by atoms with E-state index in [1.54, 1.807) is 12.1 Å². The molecule has 0 aliphatic carbocycles. The van der Waals surface area contributed by atoms with E-state index in [-0.39, 0.29) is 11.7 Å². The number of H-pyrrole nitrogens is 2. The molecule has 0 unspecified atom stereocenters. The second-order valence-electron chi connectivity index (χ2n) is 9.41. The monoisotopic (exact) mass is 520 g/mol. The third kappa shape index (κ3) is 5.88. The van der Waals surface area contributed by atoms with Crippen molar-refractivity contribution in [2.24, 2.45) is 10.9 Å². The minimum atomic E-state index is -0.329. The van der Waals surface area contributed by atoms with Gasteiger partial charge in [0, 0.05) is 34.4 Å². The third-order valence-corrected chi connectivity index (χ3v) is 6.39. The van der Waals surface area contributed by atoms with E-state index < -0.39 is 0 Å². The molecule has 39 heavy (non-hydrogen) atoms. The second-order valence-corrected chi connectivity index (χ2v) is 9.41. The molecule has 4 aromatic rings. The highest BCUT2D eigenvalue weighted by molar-refractivity contribution is 6.14. The fourth-order valence-electron chi connectivity index (χ4n) is 4.15. The van der Waals surface area contributed by atoms with Gasteiger partial charge in [0.2, 0.25) is 0 Å². The lowest BCUT2D eigenvalue weighted by Gasteiger charge is -2.14. The maximum atomic E-state index is 14.0. The van der Waals surface area contributed by atoms with Crippen LogP contribution in [0, 0.1) is 18.7 Å². The molecule has 0 aliphatic rings. The van der Waals surface area contributed by atoms with E-state index in [9.17, 15) is 4.39 Å². The fraction of sp³-hybridized carbons (Fsp3) is 0.156. The summed E-state index contributed by atoms with van der Waals surface area (Å²) >= 11 is 0. The van der Waals surface area contributed by atoms with E-state index in [0.29, 0.717) is 17.0 Å². The zero-order chi connectivity index (χ0) is 28.1. The Kier molecular flexibility index (Phi) is 8.20. The van der Waals surface area contributed by atoms with Crippen LogP contribution >= 0.6 is 0 Å². The number of nitrogens with zero attached hydrogens (tertiary/aromatic N) is 3. The van der Waals surface area contributed by atoms with E-state index in [4.69, 9.17) is 4.98 Å². The van der Waals surface area contributed by atoms with Gasteiger partial charge >= 0.3 is 0 Å². The molecule has 0 atom stereocenters. The van der Waals surface area contributed by atoms with Gasteiger partial charge in [-0.3, -0.25) is 10.1 Å². The summed E-state index contributed by atoms with van der Waals surface area (Å²) in [4.78, 5) is 12.8. The third-order valence-electron chi connectivity index (χ3n) is 6.39. The van der Waals surface area contributed by atoms with Crippen molar-refractivity contribution in [2.45, 2.75) is 27.7 Å². The minimum absolute atomic E-state index is 0.289. The van der Waals surface area contributed by atoms with Crippen molar-refractivity contribution in [3.8, 4) is 11.4 Å². The van der Waals surface area contributed by atoms with E-state index in [0.717, 1.165) is 50.6 Å². The molecule has 6 nitrogen and oxygen atoms in total. The Labute approximate surface area is 228 Å². The van der Waals surface area contributed by atoms with Crippen LogP contribution in [0.2, 0.25) is 0 Å². The number of allylic oxidation sites excluding steroid dienone is 5. The van der Waals surface area contributed by atoms with Crippen LogP contribution in [-0.2, 0) is 0 Å². The molecule has 0 spiro atoms. The van der Waals surface area contributed by atoms with Gasteiger partial charge in [-0.1, -0.05) is 51.8 Å². The normalized spacial score (nSPS) is 12.7. The van der Waals surface area contributed by atoms with Crippen molar-refractivity contribution in [1.29, 1.82) is 0 Å². The molecule has 0 amide bonds. The number of rotatable bonds is 10. The van der Waals surface area contributed by atoms with Crippen LogP contribution in [0.5, 0.6) is 0 Å². The Balaban J connectivity index is 1.75. The number of hydrogen-bond acceptors (Lipinski definition) is 4. The Morgan fingerprint density at radius 1 is 1.15 bits per heavy atom. The van der Waals surface area contributed by atoms with Crippen LogP contribution in [0.4, 0.5) is 4.39 Å². The van der Waals surface area contributed by atoms with Gasteiger partial charge in [0.25, 0.3) is 0 Å². The number of halogens is 1. The summed E-state index contributed by atoms with van der Waals surface area (Å²) in [6, 6.07) is 12.2. The van der Waals surface area contributed by atoms with Crippen molar-refractivity contribution < 1.29 is 4.39 Å². The first kappa shape index (κ1) is 27.3. The second kappa shape index (κ2) is 11.7. The summed E-state index contributed by atoms with van der Waals surface area (Å²) in [7, 11) is 0. The first-order chi connectivity index (χ1) is 18.7. The van der Waals surface area contributed by atoms with Crippen LogP contribution < -0.4 is 5.32 Å². The Hall–Kier alpha value is -4.78. The van der Waals surface area contributed by atoms with E-state index in [2.05, 4.69) is 59.1 Å². The molecule has 0 radical (unpaired) electrons. The lowest BCUT2D eigenvalue weighted by molar-refractivity contribution is 0.627. The lowest BCUT2D eigenvalue weighted by Crippen LogP contribution is -2.14. The molecule has 3 heterocycles. The molecule has 0 aliphatic heterocycles. The van der Waals surface area contributed by atoms with Crippen molar-refractivity contribution in [3.05, 3.63) is 126 Å². The van der Waals surface area contributed by atoms with Gasteiger partial charge in [-0.2, -0.15) is 5.10 Å². The van der Waals surface area contributed by atoms with Crippen LogP contribution in [0.15, 0.2) is 103 Å². The maximum absolute atomic E-state index is 14.0. The molecule has 0 saturated heterocycles. The number of aromatic amines is 2. The van der Waals surface area contributed by atoms with Crippen LogP contribution in [0.25, 0.3) is 28.0 Å². The summed E-state index contributed by atoms with van der Waals surface area (Å²) < 4.78 is 14.0. The molecule has 1 aromatic carbocycles. The van der Waals surface area contributed by atoms with Crippen molar-refractivity contribution >= 4 is 22.3 Å². The minimum Gasteiger partial charge on any atom is -0.359 e. The number of aliphatic imine (C=N–C) groups is 1. The number of benzene rings is 1. The first-order valence-corrected chi connectivity index (χ1v) is 12.7. The van der Waals surface area contributed by atoms with Gasteiger partial charge in [0.1, 0.15) is 17.0 Å². The van der Waals surface area contributed by atoms with E-state index >= 15 is 0 Å². The lowest BCUT2D eigenvalue weighted by atomic mass is 10.0. The molecule has 0 bridgehead atoms. The number of aryl methyl sites for hydroxylation is 1. The number of pyridine rings is 1. The molecule has 0 saturated carbocycles. The maximum Gasteiger partial charge on any atom is 0.135 e. The molecular weight excluding hydrogens is 487 g/mol. The van der Waals surface area contributed by atoms with Gasteiger partial charge in [-0.25, -0.2) is 9.37 Å². The van der Waals surface area contributed by atoms with E-state index in [1.165, 1.54) is 18.3 Å². The average Bonchev–Trinajstić information content (AvgIpc) is 3.52. The Bertz CT molecular complexity index is 1640. The fourth-order valence-corrected chi connectivity index (χ4v) is 4.15. The largest absolute Gasteiger partial charge is 0.359 e. The standard InChI is InChI=1S/C32H33FN6/c1-8-22(17-25(9-2)35-20(6)19(4)5)27-14-15-28-31(37-27)32(39-38-28)29-18-26(21(7)36-29)30(34-10-3)23-12-11-13-24(33)16-23/h8-19,35-36H,2-3,6H2,1,4-5,7H3,(H,38,39)/b22-8+,25-17+,34-30?. The van der Waals surface area contributed by atoms with Crippen molar-refractivity contribution in [1.82, 2.24) is 25.5 Å². The number of fused-ring (bicyclic) bond motifs is 1. The Morgan fingerprint density at radius 3 is 2.62 bits per heavy atom. The first-order valence-electron chi connectivity index (χ1n) is 12.7. The van der Waals surface area contributed by atoms with Gasteiger partial charge in [0.05, 0.1) is 22.6 Å². The molecule has 3 N–H and O–H groups in total. The van der Waals surface area contributed by atoms with Gasteiger partial charge in [-0.15, -0.1) is 0 Å². The van der Waals surface area contributed by atoms with Gasteiger partial charge in [0.15, 0.2) is 0 Å². The highest BCUT2D eigenvalue weighted by atomic mass is 19.1. The highest BCUT2D eigenvalue weighted by Crippen LogP contribution is 2.29. The highest BCUT2D eigenvalue weighted by Gasteiger charge is 2.18. The number of hydrogen-bond donors (Lipinski definition) is 3. The number of nitrogens with one attached hydrogen (secondary N) is 3. The SMILES string of the molecule is C=CN=C(c1cccc(F)c1)c1cc(-c2n[nH]c3ccc(C(/C=C(\C=C)NC(=C)C(C)C)=C/C)nc23)[nH]c1C. The molecule has 198 valence electrons. The molecule has 0 fully saturated rings.